The van der Waals surface area contributed by atoms with Gasteiger partial charge in [0.15, 0.2) is 5.78 Å². The summed E-state index contributed by atoms with van der Waals surface area (Å²) in [4.78, 5) is 12.2. The fourth-order valence-electron chi connectivity index (χ4n) is 3.22. The summed E-state index contributed by atoms with van der Waals surface area (Å²) in [6, 6.07) is 27.5. The standard InChI is InChI=1S/C21H20N2O/c1-16(24)19-14-8-9-15-20(19)21(23-22,17-10-4-2-5-11-17)18-12-6-3-7-13-18/h2-15,23H,22H2,1H3. The summed E-state index contributed by atoms with van der Waals surface area (Å²) in [6.45, 7) is 1.58. The maximum Gasteiger partial charge on any atom is 0.160 e. The minimum atomic E-state index is -0.801. The number of rotatable bonds is 5. The molecule has 3 aromatic rings. The number of hydrazine groups is 1. The lowest BCUT2D eigenvalue weighted by molar-refractivity contribution is 0.101. The second kappa shape index (κ2) is 6.79. The van der Waals surface area contributed by atoms with Crippen molar-refractivity contribution >= 4 is 5.78 Å². The number of hydrogen-bond acceptors (Lipinski definition) is 3. The summed E-state index contributed by atoms with van der Waals surface area (Å²) in [5.74, 6) is 6.12. The smallest absolute Gasteiger partial charge is 0.160 e. The molecule has 3 N–H and O–H groups in total. The third-order valence-electron chi connectivity index (χ3n) is 4.34. The molecule has 0 aliphatic carbocycles. The number of carbonyl (C=O) groups is 1. The Bertz CT molecular complexity index is 789. The van der Waals surface area contributed by atoms with Gasteiger partial charge in [0, 0.05) is 5.56 Å². The van der Waals surface area contributed by atoms with Crippen molar-refractivity contribution in [3.05, 3.63) is 107 Å². The van der Waals surface area contributed by atoms with Crippen LogP contribution < -0.4 is 11.3 Å². The highest BCUT2D eigenvalue weighted by Gasteiger charge is 2.37. The highest BCUT2D eigenvalue weighted by Crippen LogP contribution is 2.37. The Morgan fingerprint density at radius 2 is 1.25 bits per heavy atom. The van der Waals surface area contributed by atoms with E-state index in [4.69, 9.17) is 5.84 Å². The van der Waals surface area contributed by atoms with Crippen LogP contribution in [0.2, 0.25) is 0 Å². The van der Waals surface area contributed by atoms with Gasteiger partial charge in [-0.3, -0.25) is 10.6 Å². The molecule has 0 fully saturated rings. The zero-order valence-electron chi connectivity index (χ0n) is 13.6. The average Bonchev–Trinajstić information content (AvgIpc) is 2.65. The van der Waals surface area contributed by atoms with E-state index >= 15 is 0 Å². The van der Waals surface area contributed by atoms with E-state index in [1.807, 2.05) is 84.9 Å². The monoisotopic (exact) mass is 316 g/mol. The van der Waals surface area contributed by atoms with Gasteiger partial charge in [0.05, 0.1) is 0 Å². The lowest BCUT2D eigenvalue weighted by Gasteiger charge is -2.36. The molecular formula is C21H20N2O. The van der Waals surface area contributed by atoms with Gasteiger partial charge in [-0.15, -0.1) is 0 Å². The normalized spacial score (nSPS) is 11.2. The van der Waals surface area contributed by atoms with Crippen molar-refractivity contribution in [2.75, 3.05) is 0 Å². The Hall–Kier alpha value is -2.75. The Kier molecular flexibility index (Phi) is 4.56. The molecule has 0 unspecified atom stereocenters. The number of ketones is 1. The largest absolute Gasteiger partial charge is 0.294 e. The van der Waals surface area contributed by atoms with E-state index in [0.29, 0.717) is 5.56 Å². The molecule has 0 radical (unpaired) electrons. The number of benzene rings is 3. The molecule has 24 heavy (non-hydrogen) atoms. The maximum absolute atomic E-state index is 12.2. The molecule has 0 aliphatic heterocycles. The molecule has 120 valence electrons. The highest BCUT2D eigenvalue weighted by molar-refractivity contribution is 5.96. The SMILES string of the molecule is CC(=O)c1ccccc1C(NN)(c1ccccc1)c1ccccc1. The van der Waals surface area contributed by atoms with Gasteiger partial charge in [-0.05, 0) is 23.6 Å². The minimum Gasteiger partial charge on any atom is -0.294 e. The third-order valence-corrected chi connectivity index (χ3v) is 4.34. The third kappa shape index (κ3) is 2.64. The lowest BCUT2D eigenvalue weighted by atomic mass is 9.75. The van der Waals surface area contributed by atoms with Gasteiger partial charge < -0.3 is 0 Å². The second-order valence-electron chi connectivity index (χ2n) is 5.73. The first kappa shape index (κ1) is 16.1. The topological polar surface area (TPSA) is 55.1 Å². The molecule has 0 heterocycles. The van der Waals surface area contributed by atoms with Crippen molar-refractivity contribution in [3.8, 4) is 0 Å². The van der Waals surface area contributed by atoms with Crippen LogP contribution in [0, 0.1) is 0 Å². The predicted octanol–water partition coefficient (Wildman–Crippen LogP) is 3.64. The Morgan fingerprint density at radius 1 is 0.792 bits per heavy atom. The van der Waals surface area contributed by atoms with E-state index in [9.17, 15) is 4.79 Å². The van der Waals surface area contributed by atoms with E-state index in [0.717, 1.165) is 16.7 Å². The van der Waals surface area contributed by atoms with Crippen LogP contribution in [0.4, 0.5) is 0 Å². The fourth-order valence-corrected chi connectivity index (χ4v) is 3.22. The average molecular weight is 316 g/mol. The summed E-state index contributed by atoms with van der Waals surface area (Å²) in [5, 5.41) is 0. The van der Waals surface area contributed by atoms with Crippen LogP contribution in [0.3, 0.4) is 0 Å². The van der Waals surface area contributed by atoms with Crippen LogP contribution in [0.15, 0.2) is 84.9 Å². The lowest BCUT2D eigenvalue weighted by Crippen LogP contribution is -2.49. The van der Waals surface area contributed by atoms with Gasteiger partial charge in [0.25, 0.3) is 0 Å². The van der Waals surface area contributed by atoms with Gasteiger partial charge >= 0.3 is 0 Å². The molecule has 0 bridgehead atoms. The molecule has 3 nitrogen and oxygen atoms in total. The van der Waals surface area contributed by atoms with E-state index in [2.05, 4.69) is 5.43 Å². The Morgan fingerprint density at radius 3 is 1.71 bits per heavy atom. The van der Waals surface area contributed by atoms with Gasteiger partial charge in [-0.2, -0.15) is 0 Å². The van der Waals surface area contributed by atoms with E-state index < -0.39 is 5.54 Å². The van der Waals surface area contributed by atoms with Crippen LogP contribution >= 0.6 is 0 Å². The quantitative estimate of drug-likeness (QED) is 0.327. The van der Waals surface area contributed by atoms with Gasteiger partial charge in [0.2, 0.25) is 0 Å². The highest BCUT2D eigenvalue weighted by atomic mass is 16.1. The zero-order valence-corrected chi connectivity index (χ0v) is 13.6. The van der Waals surface area contributed by atoms with Crippen LogP contribution in [0.25, 0.3) is 0 Å². The molecule has 0 aliphatic rings. The summed E-state index contributed by atoms with van der Waals surface area (Å²) in [7, 11) is 0. The molecular weight excluding hydrogens is 296 g/mol. The molecule has 0 atom stereocenters. The first-order valence-electron chi connectivity index (χ1n) is 7.89. The maximum atomic E-state index is 12.2. The summed E-state index contributed by atoms with van der Waals surface area (Å²) in [5.41, 5.74) is 5.67. The van der Waals surface area contributed by atoms with Crippen molar-refractivity contribution in [1.82, 2.24) is 5.43 Å². The van der Waals surface area contributed by atoms with Gasteiger partial charge in [0.1, 0.15) is 5.54 Å². The summed E-state index contributed by atoms with van der Waals surface area (Å²) in [6.07, 6.45) is 0. The minimum absolute atomic E-state index is 0.0112. The first-order valence-corrected chi connectivity index (χ1v) is 7.89. The van der Waals surface area contributed by atoms with Crippen LogP contribution in [0.5, 0.6) is 0 Å². The van der Waals surface area contributed by atoms with Crippen molar-refractivity contribution in [2.45, 2.75) is 12.5 Å². The van der Waals surface area contributed by atoms with Crippen molar-refractivity contribution < 1.29 is 4.79 Å². The van der Waals surface area contributed by atoms with Crippen LogP contribution in [0.1, 0.15) is 34.0 Å². The molecule has 0 saturated carbocycles. The Labute approximate surface area is 142 Å². The number of nitrogens with two attached hydrogens (primary N) is 1. The van der Waals surface area contributed by atoms with Gasteiger partial charge in [-0.25, -0.2) is 5.43 Å². The van der Waals surface area contributed by atoms with Crippen molar-refractivity contribution in [2.24, 2.45) is 5.84 Å². The number of nitrogens with one attached hydrogen (secondary N) is 1. The fraction of sp³-hybridized carbons (Fsp3) is 0.0952. The molecule has 0 saturated heterocycles. The van der Waals surface area contributed by atoms with Crippen molar-refractivity contribution in [3.63, 3.8) is 0 Å². The van der Waals surface area contributed by atoms with E-state index in [-0.39, 0.29) is 5.78 Å². The molecule has 0 aromatic heterocycles. The molecule has 0 spiro atoms. The molecule has 3 rings (SSSR count). The summed E-state index contributed by atoms with van der Waals surface area (Å²) < 4.78 is 0. The predicted molar refractivity (Wildman–Crippen MR) is 96.5 cm³/mol. The number of carbonyl (C=O) groups excluding carboxylic acids is 1. The summed E-state index contributed by atoms with van der Waals surface area (Å²) >= 11 is 0. The number of Topliss-reactive ketones (excluding diaryl/α,β-unsaturated/α-hetero) is 1. The molecule has 0 amide bonds. The van der Waals surface area contributed by atoms with E-state index in [1.54, 1.807) is 6.92 Å². The van der Waals surface area contributed by atoms with Crippen LogP contribution in [-0.4, -0.2) is 5.78 Å². The molecule has 3 heteroatoms. The van der Waals surface area contributed by atoms with Crippen molar-refractivity contribution in [1.29, 1.82) is 0 Å². The van der Waals surface area contributed by atoms with E-state index in [1.165, 1.54) is 0 Å². The second-order valence-corrected chi connectivity index (χ2v) is 5.73. The van der Waals surface area contributed by atoms with Gasteiger partial charge in [-0.1, -0.05) is 84.9 Å². The zero-order chi connectivity index (χ0) is 17.0. The molecule has 3 aromatic carbocycles. The van der Waals surface area contributed by atoms with Crippen LogP contribution in [-0.2, 0) is 5.54 Å². The first-order chi connectivity index (χ1) is 11.7. The Balaban J connectivity index is 2.38. The number of hydrogen-bond donors (Lipinski definition) is 2.